The van der Waals surface area contributed by atoms with Crippen molar-refractivity contribution in [1.82, 2.24) is 4.90 Å². The molecule has 0 unspecified atom stereocenters. The van der Waals surface area contributed by atoms with Crippen LogP contribution in [0.25, 0.3) is 0 Å². The summed E-state index contributed by atoms with van der Waals surface area (Å²) in [6.45, 7) is 0.966. The van der Waals surface area contributed by atoms with E-state index in [0.717, 1.165) is 20.6 Å². The number of hydrogen-bond donors (Lipinski definition) is 0. The third-order valence-electron chi connectivity index (χ3n) is 3.21. The lowest BCUT2D eigenvalue weighted by molar-refractivity contribution is 0.0772. The summed E-state index contributed by atoms with van der Waals surface area (Å²) in [7, 11) is 3.41. The molecule has 0 radical (unpaired) electrons. The highest BCUT2D eigenvalue weighted by atomic mass is 127. The third-order valence-corrected chi connectivity index (χ3v) is 4.15. The summed E-state index contributed by atoms with van der Waals surface area (Å²) in [4.78, 5) is 14.0. The average molecular weight is 411 g/mol. The topological polar surface area (TPSA) is 38.8 Å². The van der Waals surface area contributed by atoms with Crippen molar-refractivity contribution in [2.75, 3.05) is 27.3 Å². The van der Waals surface area contributed by atoms with Crippen LogP contribution in [0.15, 0.2) is 48.5 Å². The van der Waals surface area contributed by atoms with Gasteiger partial charge in [0.15, 0.2) is 0 Å². The zero-order valence-electron chi connectivity index (χ0n) is 12.6. The molecule has 0 atom stereocenters. The number of benzene rings is 2. The van der Waals surface area contributed by atoms with Gasteiger partial charge in [0.25, 0.3) is 5.91 Å². The van der Waals surface area contributed by atoms with E-state index in [9.17, 15) is 4.79 Å². The fraction of sp³-hybridized carbons (Fsp3) is 0.235. The average Bonchev–Trinajstić information content (AvgIpc) is 2.55. The minimum absolute atomic E-state index is 0.00308. The molecule has 0 spiro atoms. The van der Waals surface area contributed by atoms with Gasteiger partial charge in [-0.2, -0.15) is 0 Å². The lowest BCUT2D eigenvalue weighted by atomic mass is 10.2. The molecule has 1 amide bonds. The molecule has 0 aliphatic carbocycles. The second-order valence-corrected chi connectivity index (χ2v) is 5.89. The summed E-state index contributed by atoms with van der Waals surface area (Å²) < 4.78 is 11.7. The minimum Gasteiger partial charge on any atom is -0.497 e. The van der Waals surface area contributed by atoms with Gasteiger partial charge in [-0.15, -0.1) is 0 Å². The summed E-state index contributed by atoms with van der Waals surface area (Å²) in [5, 5.41) is 0. The van der Waals surface area contributed by atoms with E-state index in [1.165, 1.54) is 0 Å². The van der Waals surface area contributed by atoms with Gasteiger partial charge in [0.05, 0.1) is 19.2 Å². The van der Waals surface area contributed by atoms with E-state index >= 15 is 0 Å². The first kappa shape index (κ1) is 16.6. The van der Waals surface area contributed by atoms with Crippen LogP contribution in [0.5, 0.6) is 11.5 Å². The lowest BCUT2D eigenvalue weighted by Gasteiger charge is -2.18. The number of ether oxygens (including phenoxy) is 2. The zero-order chi connectivity index (χ0) is 15.9. The Kier molecular flexibility index (Phi) is 6.06. The molecule has 0 saturated carbocycles. The van der Waals surface area contributed by atoms with Gasteiger partial charge >= 0.3 is 0 Å². The molecule has 22 heavy (non-hydrogen) atoms. The van der Waals surface area contributed by atoms with Crippen molar-refractivity contribution < 1.29 is 14.3 Å². The van der Waals surface area contributed by atoms with E-state index in [-0.39, 0.29) is 5.91 Å². The van der Waals surface area contributed by atoms with Gasteiger partial charge in [-0.05, 0) is 59.0 Å². The van der Waals surface area contributed by atoms with Crippen LogP contribution in [0.1, 0.15) is 10.4 Å². The Labute approximate surface area is 144 Å². The van der Waals surface area contributed by atoms with Crippen LogP contribution in [-0.4, -0.2) is 38.1 Å². The smallest absolute Gasteiger partial charge is 0.254 e. The molecule has 0 N–H and O–H groups in total. The predicted octanol–water partition coefficient (Wildman–Crippen LogP) is 3.45. The maximum atomic E-state index is 12.3. The number of hydrogen-bond acceptors (Lipinski definition) is 3. The van der Waals surface area contributed by atoms with Crippen LogP contribution >= 0.6 is 22.6 Å². The molecule has 5 heteroatoms. The molecule has 0 fully saturated rings. The summed E-state index contributed by atoms with van der Waals surface area (Å²) >= 11 is 2.17. The van der Waals surface area contributed by atoms with Crippen molar-refractivity contribution in [3.8, 4) is 11.5 Å². The monoisotopic (exact) mass is 411 g/mol. The quantitative estimate of drug-likeness (QED) is 0.684. The number of halogens is 1. The van der Waals surface area contributed by atoms with Crippen LogP contribution < -0.4 is 9.47 Å². The van der Waals surface area contributed by atoms with E-state index < -0.39 is 0 Å². The Bertz CT molecular complexity index is 628. The second kappa shape index (κ2) is 8.03. The van der Waals surface area contributed by atoms with E-state index in [2.05, 4.69) is 22.6 Å². The highest BCUT2D eigenvalue weighted by molar-refractivity contribution is 14.1. The molecule has 0 saturated heterocycles. The van der Waals surface area contributed by atoms with Gasteiger partial charge < -0.3 is 14.4 Å². The highest BCUT2D eigenvalue weighted by Crippen LogP contribution is 2.17. The van der Waals surface area contributed by atoms with Crippen LogP contribution in [0.3, 0.4) is 0 Å². The second-order valence-electron chi connectivity index (χ2n) is 4.73. The molecule has 0 aliphatic rings. The third kappa shape index (κ3) is 4.37. The summed E-state index contributed by atoms with van der Waals surface area (Å²) in [5.41, 5.74) is 0.718. The number of carbonyl (C=O) groups is 1. The van der Waals surface area contributed by atoms with Crippen LogP contribution in [0, 0.1) is 3.57 Å². The van der Waals surface area contributed by atoms with Crippen molar-refractivity contribution in [2.24, 2.45) is 0 Å². The van der Waals surface area contributed by atoms with Crippen LogP contribution in [0.2, 0.25) is 0 Å². The normalized spacial score (nSPS) is 10.1. The van der Waals surface area contributed by atoms with Crippen LogP contribution in [-0.2, 0) is 0 Å². The number of amides is 1. The minimum atomic E-state index is 0.00308. The first-order valence-corrected chi connectivity index (χ1v) is 7.96. The van der Waals surface area contributed by atoms with E-state index in [0.29, 0.717) is 13.2 Å². The number of carbonyl (C=O) groups excluding carboxylic acids is 1. The molecule has 2 aromatic carbocycles. The Balaban J connectivity index is 1.85. The zero-order valence-corrected chi connectivity index (χ0v) is 14.7. The van der Waals surface area contributed by atoms with Gasteiger partial charge in [0.2, 0.25) is 0 Å². The largest absolute Gasteiger partial charge is 0.497 e. The Morgan fingerprint density at radius 2 is 1.73 bits per heavy atom. The van der Waals surface area contributed by atoms with Crippen molar-refractivity contribution in [3.63, 3.8) is 0 Å². The molecule has 4 nitrogen and oxygen atoms in total. The number of likely N-dealkylation sites (N-methyl/N-ethyl adjacent to an activating group) is 1. The SMILES string of the molecule is COc1ccc(OCCN(C)C(=O)c2ccccc2I)cc1. The molecule has 0 aliphatic heterocycles. The van der Waals surface area contributed by atoms with Gasteiger partial charge in [0.1, 0.15) is 18.1 Å². The molecule has 2 aromatic rings. The molecule has 0 aromatic heterocycles. The van der Waals surface area contributed by atoms with Gasteiger partial charge in [-0.25, -0.2) is 0 Å². The molecule has 0 heterocycles. The van der Waals surface area contributed by atoms with Gasteiger partial charge in [-0.3, -0.25) is 4.79 Å². The highest BCUT2D eigenvalue weighted by Gasteiger charge is 2.14. The number of rotatable bonds is 6. The molecule has 0 bridgehead atoms. The summed E-state index contributed by atoms with van der Waals surface area (Å²) in [5.74, 6) is 1.55. The maximum absolute atomic E-state index is 12.3. The predicted molar refractivity (Wildman–Crippen MR) is 94.6 cm³/mol. The van der Waals surface area contributed by atoms with Crippen molar-refractivity contribution in [2.45, 2.75) is 0 Å². The molecule has 116 valence electrons. The van der Waals surface area contributed by atoms with Crippen LogP contribution in [0.4, 0.5) is 0 Å². The number of nitrogens with zero attached hydrogens (tertiary/aromatic N) is 1. The maximum Gasteiger partial charge on any atom is 0.254 e. The first-order chi connectivity index (χ1) is 10.6. The van der Waals surface area contributed by atoms with Gasteiger partial charge in [0, 0.05) is 10.6 Å². The Hall–Kier alpha value is -1.76. The first-order valence-electron chi connectivity index (χ1n) is 6.88. The Morgan fingerprint density at radius 1 is 1.09 bits per heavy atom. The summed E-state index contributed by atoms with van der Waals surface area (Å²) in [6.07, 6.45) is 0. The Morgan fingerprint density at radius 3 is 2.36 bits per heavy atom. The van der Waals surface area contributed by atoms with Crippen molar-refractivity contribution in [3.05, 3.63) is 57.7 Å². The molecular weight excluding hydrogens is 393 g/mol. The fourth-order valence-electron chi connectivity index (χ4n) is 1.91. The molecular formula is C17H18INO3. The lowest BCUT2D eigenvalue weighted by Crippen LogP contribution is -2.31. The van der Waals surface area contributed by atoms with Crippen molar-refractivity contribution in [1.29, 1.82) is 0 Å². The van der Waals surface area contributed by atoms with Crippen molar-refractivity contribution >= 4 is 28.5 Å². The standard InChI is InChI=1S/C17H18INO3/c1-19(17(20)15-5-3-4-6-16(15)18)11-12-22-14-9-7-13(21-2)8-10-14/h3-10H,11-12H2,1-2H3. The number of methoxy groups -OCH3 is 1. The van der Waals surface area contributed by atoms with E-state index in [1.54, 1.807) is 19.1 Å². The van der Waals surface area contributed by atoms with Gasteiger partial charge in [-0.1, -0.05) is 12.1 Å². The summed E-state index contributed by atoms with van der Waals surface area (Å²) in [6, 6.07) is 14.9. The van der Waals surface area contributed by atoms with E-state index in [4.69, 9.17) is 9.47 Å². The molecule has 2 rings (SSSR count). The van der Waals surface area contributed by atoms with E-state index in [1.807, 2.05) is 48.5 Å². The fourth-order valence-corrected chi connectivity index (χ4v) is 2.53.